The van der Waals surface area contributed by atoms with Crippen LogP contribution in [-0.2, 0) is 19.8 Å². The van der Waals surface area contributed by atoms with Crippen molar-refractivity contribution in [1.82, 2.24) is 14.9 Å². The van der Waals surface area contributed by atoms with Gasteiger partial charge in [-0.3, -0.25) is 14.7 Å². The normalized spacial score (nSPS) is 20.7. The van der Waals surface area contributed by atoms with Gasteiger partial charge in [0.25, 0.3) is 6.02 Å². The van der Waals surface area contributed by atoms with E-state index in [2.05, 4.69) is 20.9 Å². The maximum absolute atomic E-state index is 11.6. The van der Waals surface area contributed by atoms with Crippen molar-refractivity contribution in [3.63, 3.8) is 0 Å². The van der Waals surface area contributed by atoms with Crippen molar-refractivity contribution in [3.05, 3.63) is 66.1 Å². The number of nitrogens with zero attached hydrogens (tertiary/aromatic N) is 5. The third kappa shape index (κ3) is 3.79. The number of aliphatic imine (C=N–C) groups is 1. The number of amidine groups is 1. The Morgan fingerprint density at radius 1 is 1.08 bits per heavy atom. The molecule has 36 heavy (non-hydrogen) atoms. The third-order valence-corrected chi connectivity index (χ3v) is 6.95. The van der Waals surface area contributed by atoms with Crippen LogP contribution in [0.2, 0.25) is 0 Å². The van der Waals surface area contributed by atoms with E-state index in [0.29, 0.717) is 18.0 Å². The summed E-state index contributed by atoms with van der Waals surface area (Å²) in [4.78, 5) is 29.7. The van der Waals surface area contributed by atoms with Gasteiger partial charge in [-0.15, -0.1) is 0 Å². The molecule has 3 aliphatic heterocycles. The molecule has 0 bridgehead atoms. The van der Waals surface area contributed by atoms with Gasteiger partial charge in [0.15, 0.2) is 11.3 Å². The molecule has 1 atom stereocenters. The van der Waals surface area contributed by atoms with Gasteiger partial charge in [-0.2, -0.15) is 0 Å². The minimum Gasteiger partial charge on any atom is -0.468 e. The number of hydrogen-bond acceptors (Lipinski definition) is 10. The van der Waals surface area contributed by atoms with E-state index in [9.17, 15) is 4.79 Å². The molecule has 0 radical (unpaired) electrons. The molecule has 3 aromatic rings. The molecule has 1 aromatic carbocycles. The number of benzene rings is 1. The Labute approximate surface area is 208 Å². The number of piperazine rings is 1. The van der Waals surface area contributed by atoms with Gasteiger partial charge in [-0.25, -0.2) is 9.98 Å². The Bertz CT molecular complexity index is 1340. The molecule has 2 N–H and O–H groups in total. The van der Waals surface area contributed by atoms with Crippen LogP contribution >= 0.6 is 0 Å². The van der Waals surface area contributed by atoms with Crippen molar-refractivity contribution in [2.24, 2.45) is 10.7 Å². The van der Waals surface area contributed by atoms with Crippen molar-refractivity contribution in [2.45, 2.75) is 5.54 Å². The standard InChI is InChI=1S/C26H26N6O4/c1-34-24(33)15-31-7-9-32(10-8-31)23-12-20-22(14-29-23)36-21-5-4-17(18-3-2-6-28-13-18)11-19(21)26(20)16-35-25(27)30-26/h2-6,11-14H,7-10,15-16H2,1H3,(H2,27,30)/t26-/m0/s1. The van der Waals surface area contributed by atoms with Gasteiger partial charge < -0.3 is 24.8 Å². The first kappa shape index (κ1) is 22.3. The molecule has 6 rings (SSSR count). The van der Waals surface area contributed by atoms with Gasteiger partial charge in [-0.1, -0.05) is 12.1 Å². The van der Waals surface area contributed by atoms with Crippen LogP contribution in [0.4, 0.5) is 5.82 Å². The summed E-state index contributed by atoms with van der Waals surface area (Å²) in [6.45, 7) is 3.51. The fourth-order valence-electron chi connectivity index (χ4n) is 5.02. The lowest BCUT2D eigenvalue weighted by molar-refractivity contribution is -0.142. The average molecular weight is 487 g/mol. The summed E-state index contributed by atoms with van der Waals surface area (Å²) in [6, 6.07) is 12.1. The summed E-state index contributed by atoms with van der Waals surface area (Å²) in [7, 11) is 1.41. The van der Waals surface area contributed by atoms with Crippen LogP contribution in [0.3, 0.4) is 0 Å². The molecule has 2 aromatic heterocycles. The van der Waals surface area contributed by atoms with E-state index in [1.807, 2.05) is 36.5 Å². The zero-order valence-corrected chi connectivity index (χ0v) is 19.9. The van der Waals surface area contributed by atoms with Gasteiger partial charge in [0, 0.05) is 55.3 Å². The van der Waals surface area contributed by atoms with E-state index in [1.54, 1.807) is 12.4 Å². The zero-order chi connectivity index (χ0) is 24.7. The smallest absolute Gasteiger partial charge is 0.319 e. The summed E-state index contributed by atoms with van der Waals surface area (Å²) in [6.07, 6.45) is 5.33. The molecule has 0 unspecified atom stereocenters. The van der Waals surface area contributed by atoms with E-state index >= 15 is 0 Å². The van der Waals surface area contributed by atoms with Crippen molar-refractivity contribution < 1.29 is 19.0 Å². The first-order chi connectivity index (χ1) is 17.6. The molecule has 10 nitrogen and oxygen atoms in total. The number of anilines is 1. The maximum Gasteiger partial charge on any atom is 0.319 e. The van der Waals surface area contributed by atoms with E-state index in [0.717, 1.165) is 54.3 Å². The lowest BCUT2D eigenvalue weighted by Gasteiger charge is -2.37. The quantitative estimate of drug-likeness (QED) is 0.554. The number of aromatic nitrogens is 2. The van der Waals surface area contributed by atoms with Crippen LogP contribution in [0.5, 0.6) is 11.5 Å². The monoisotopic (exact) mass is 486 g/mol. The Kier molecular flexibility index (Phi) is 5.45. The number of carbonyl (C=O) groups excluding carboxylic acids is 1. The highest BCUT2D eigenvalue weighted by molar-refractivity contribution is 5.78. The largest absolute Gasteiger partial charge is 0.468 e. The average Bonchev–Trinajstić information content (AvgIpc) is 3.31. The van der Waals surface area contributed by atoms with Gasteiger partial charge in [-0.05, 0) is 29.8 Å². The summed E-state index contributed by atoms with van der Waals surface area (Å²) in [5.41, 5.74) is 8.97. The summed E-state index contributed by atoms with van der Waals surface area (Å²) in [5.74, 6) is 1.92. The van der Waals surface area contributed by atoms with Gasteiger partial charge in [0.2, 0.25) is 0 Å². The minimum atomic E-state index is -0.838. The fraction of sp³-hybridized carbons (Fsp3) is 0.308. The number of fused-ring (bicyclic) bond motifs is 4. The Hall–Kier alpha value is -4.18. The highest BCUT2D eigenvalue weighted by atomic mass is 16.5. The van der Waals surface area contributed by atoms with Gasteiger partial charge in [0.1, 0.15) is 18.2 Å². The third-order valence-electron chi connectivity index (χ3n) is 6.95. The number of carbonyl (C=O) groups is 1. The number of pyridine rings is 2. The van der Waals surface area contributed by atoms with Crippen LogP contribution in [-0.4, -0.2) is 73.3 Å². The molecule has 0 amide bonds. The fourth-order valence-corrected chi connectivity index (χ4v) is 5.02. The molecule has 1 fully saturated rings. The van der Waals surface area contributed by atoms with Crippen molar-refractivity contribution in [2.75, 3.05) is 51.3 Å². The van der Waals surface area contributed by atoms with Crippen LogP contribution in [0.15, 0.2) is 60.0 Å². The molecular formula is C26H26N6O4. The van der Waals surface area contributed by atoms with Crippen LogP contribution in [0, 0.1) is 0 Å². The van der Waals surface area contributed by atoms with Crippen LogP contribution < -0.4 is 15.4 Å². The van der Waals surface area contributed by atoms with Crippen molar-refractivity contribution in [1.29, 1.82) is 0 Å². The molecule has 0 saturated carbocycles. The number of nitrogens with two attached hydrogens (primary N) is 1. The number of hydrogen-bond donors (Lipinski definition) is 1. The molecule has 3 aliphatic rings. The second-order valence-corrected chi connectivity index (χ2v) is 9.03. The van der Waals surface area contributed by atoms with E-state index < -0.39 is 5.54 Å². The molecule has 5 heterocycles. The van der Waals surface area contributed by atoms with Crippen molar-refractivity contribution in [3.8, 4) is 22.6 Å². The summed E-state index contributed by atoms with van der Waals surface area (Å²) in [5, 5.41) is 0. The number of methoxy groups -OCH3 is 1. The first-order valence-corrected chi connectivity index (χ1v) is 11.8. The lowest BCUT2D eigenvalue weighted by atomic mass is 9.81. The molecule has 184 valence electrons. The summed E-state index contributed by atoms with van der Waals surface area (Å²) < 4.78 is 16.8. The molecule has 0 aliphatic carbocycles. The highest BCUT2D eigenvalue weighted by Gasteiger charge is 2.47. The Morgan fingerprint density at radius 3 is 2.64 bits per heavy atom. The highest BCUT2D eigenvalue weighted by Crippen LogP contribution is 2.52. The van der Waals surface area contributed by atoms with Crippen LogP contribution in [0.25, 0.3) is 11.1 Å². The SMILES string of the molecule is COC(=O)CN1CCN(c2cc3c(cn2)Oc2ccc(-c4cccnc4)cc2[C@@]32COC(N)=N2)CC1. The van der Waals surface area contributed by atoms with Crippen LogP contribution in [0.1, 0.15) is 11.1 Å². The topological polar surface area (TPSA) is 115 Å². The molecule has 1 spiro atoms. The Morgan fingerprint density at radius 2 is 1.92 bits per heavy atom. The number of rotatable bonds is 4. The van der Waals surface area contributed by atoms with E-state index in [1.165, 1.54) is 7.11 Å². The second-order valence-electron chi connectivity index (χ2n) is 9.03. The lowest BCUT2D eigenvalue weighted by Crippen LogP contribution is -2.48. The van der Waals surface area contributed by atoms with E-state index in [4.69, 9.17) is 29.9 Å². The number of esters is 1. The van der Waals surface area contributed by atoms with Crippen molar-refractivity contribution >= 4 is 17.8 Å². The van der Waals surface area contributed by atoms with Gasteiger partial charge >= 0.3 is 5.97 Å². The molecular weight excluding hydrogens is 460 g/mol. The maximum atomic E-state index is 11.6. The summed E-state index contributed by atoms with van der Waals surface area (Å²) >= 11 is 0. The van der Waals surface area contributed by atoms with E-state index in [-0.39, 0.29) is 18.6 Å². The Balaban J connectivity index is 1.35. The first-order valence-electron chi connectivity index (χ1n) is 11.8. The molecule has 1 saturated heterocycles. The van der Waals surface area contributed by atoms with Gasteiger partial charge in [0.05, 0.1) is 19.9 Å². The second kappa shape index (κ2) is 8.80. The molecule has 10 heteroatoms. The predicted molar refractivity (Wildman–Crippen MR) is 133 cm³/mol. The zero-order valence-electron chi connectivity index (χ0n) is 19.9. The number of ether oxygens (including phenoxy) is 3. The predicted octanol–water partition coefficient (Wildman–Crippen LogP) is 2.13. The minimum absolute atomic E-state index is 0.148.